The Hall–Kier alpha value is -2.70. The number of hydrogen-bond donors (Lipinski definition) is 0. The Morgan fingerprint density at radius 1 is 1.26 bits per heavy atom. The minimum atomic E-state index is -0.0846. The van der Waals surface area contributed by atoms with Crippen LogP contribution in [0.25, 0.3) is 0 Å². The summed E-state index contributed by atoms with van der Waals surface area (Å²) < 4.78 is 10.7. The minimum Gasteiger partial charge on any atom is -0.480 e. The van der Waals surface area contributed by atoms with E-state index in [-0.39, 0.29) is 12.0 Å². The fourth-order valence-electron chi connectivity index (χ4n) is 2.54. The van der Waals surface area contributed by atoms with E-state index >= 15 is 0 Å². The van der Waals surface area contributed by atoms with E-state index < -0.39 is 0 Å². The quantitative estimate of drug-likeness (QED) is 0.851. The smallest absolute Gasteiger partial charge is 0.255 e. The average molecular weight is 314 g/mol. The number of aromatic nitrogens is 3. The molecule has 1 aliphatic rings. The molecule has 1 aliphatic heterocycles. The van der Waals surface area contributed by atoms with E-state index in [1.54, 1.807) is 35.4 Å². The summed E-state index contributed by atoms with van der Waals surface area (Å²) in [5.41, 5.74) is 1.38. The Balaban J connectivity index is 1.62. The highest BCUT2D eigenvalue weighted by atomic mass is 16.5. The SMILES string of the molecule is COc1ccc(OC2CCN(C(=O)c3cccnc3C)C2)nn1. The molecule has 7 nitrogen and oxygen atoms in total. The van der Waals surface area contributed by atoms with Crippen molar-refractivity contribution >= 4 is 5.91 Å². The average Bonchev–Trinajstić information content (AvgIpc) is 3.04. The summed E-state index contributed by atoms with van der Waals surface area (Å²) >= 11 is 0. The largest absolute Gasteiger partial charge is 0.480 e. The summed E-state index contributed by atoms with van der Waals surface area (Å²) in [7, 11) is 1.53. The monoisotopic (exact) mass is 314 g/mol. The van der Waals surface area contributed by atoms with Crippen LogP contribution in [0.5, 0.6) is 11.8 Å². The van der Waals surface area contributed by atoms with Crippen molar-refractivity contribution in [2.75, 3.05) is 20.2 Å². The highest BCUT2D eigenvalue weighted by molar-refractivity contribution is 5.95. The Bertz CT molecular complexity index is 690. The lowest BCUT2D eigenvalue weighted by molar-refractivity contribution is 0.0769. The van der Waals surface area contributed by atoms with Gasteiger partial charge in [-0.2, -0.15) is 0 Å². The number of carbonyl (C=O) groups excluding carboxylic acids is 1. The molecule has 0 radical (unpaired) electrons. The van der Waals surface area contributed by atoms with Crippen molar-refractivity contribution in [1.82, 2.24) is 20.1 Å². The van der Waals surface area contributed by atoms with E-state index in [1.807, 2.05) is 6.92 Å². The lowest BCUT2D eigenvalue weighted by Crippen LogP contribution is -2.31. The Kier molecular flexibility index (Phi) is 4.36. The van der Waals surface area contributed by atoms with Gasteiger partial charge in [-0.1, -0.05) is 0 Å². The van der Waals surface area contributed by atoms with Crippen LogP contribution in [0.15, 0.2) is 30.5 Å². The molecule has 2 aromatic rings. The molecule has 0 bridgehead atoms. The molecule has 1 unspecified atom stereocenters. The maximum Gasteiger partial charge on any atom is 0.255 e. The van der Waals surface area contributed by atoms with E-state index in [0.717, 1.165) is 12.1 Å². The number of rotatable bonds is 4. The van der Waals surface area contributed by atoms with Crippen molar-refractivity contribution in [2.45, 2.75) is 19.4 Å². The maximum atomic E-state index is 12.5. The van der Waals surface area contributed by atoms with Crippen LogP contribution in [0.2, 0.25) is 0 Å². The van der Waals surface area contributed by atoms with Gasteiger partial charge >= 0.3 is 0 Å². The fraction of sp³-hybridized carbons (Fsp3) is 0.375. The fourth-order valence-corrected chi connectivity index (χ4v) is 2.54. The molecule has 1 amide bonds. The number of ether oxygens (including phenoxy) is 2. The molecule has 0 aliphatic carbocycles. The molecule has 1 atom stereocenters. The molecule has 0 spiro atoms. The van der Waals surface area contributed by atoms with Gasteiger partial charge in [-0.25, -0.2) is 0 Å². The van der Waals surface area contributed by atoms with Crippen molar-refractivity contribution in [3.05, 3.63) is 41.7 Å². The molecular weight excluding hydrogens is 296 g/mol. The second kappa shape index (κ2) is 6.60. The second-order valence-electron chi connectivity index (χ2n) is 5.33. The molecule has 120 valence electrons. The van der Waals surface area contributed by atoms with Gasteiger partial charge in [-0.05, 0) is 19.1 Å². The van der Waals surface area contributed by atoms with Crippen LogP contribution < -0.4 is 9.47 Å². The van der Waals surface area contributed by atoms with Crippen molar-refractivity contribution < 1.29 is 14.3 Å². The normalized spacial score (nSPS) is 17.1. The zero-order chi connectivity index (χ0) is 16.2. The predicted octanol–water partition coefficient (Wildman–Crippen LogP) is 1.48. The third-order valence-corrected chi connectivity index (χ3v) is 3.78. The molecule has 0 saturated carbocycles. The lowest BCUT2D eigenvalue weighted by atomic mass is 10.2. The number of aryl methyl sites for hydroxylation is 1. The van der Waals surface area contributed by atoms with Gasteiger partial charge in [0.2, 0.25) is 11.8 Å². The summed E-state index contributed by atoms with van der Waals surface area (Å²) in [6.45, 7) is 3.02. The van der Waals surface area contributed by atoms with E-state index in [4.69, 9.17) is 9.47 Å². The first-order valence-electron chi connectivity index (χ1n) is 7.42. The van der Waals surface area contributed by atoms with Crippen molar-refractivity contribution in [3.8, 4) is 11.8 Å². The highest BCUT2D eigenvalue weighted by Crippen LogP contribution is 2.19. The zero-order valence-electron chi connectivity index (χ0n) is 13.1. The molecule has 7 heteroatoms. The first-order chi connectivity index (χ1) is 11.2. The Morgan fingerprint density at radius 3 is 2.74 bits per heavy atom. The molecule has 3 heterocycles. The molecular formula is C16H18N4O3. The topological polar surface area (TPSA) is 77.4 Å². The molecule has 1 fully saturated rings. The standard InChI is InChI=1S/C16H18N4O3/c1-11-13(4-3-8-17-11)16(21)20-9-7-12(10-20)23-15-6-5-14(22-2)18-19-15/h3-6,8,12H,7,9-10H2,1-2H3. The van der Waals surface area contributed by atoms with E-state index in [9.17, 15) is 4.79 Å². The van der Waals surface area contributed by atoms with Gasteiger partial charge in [0.05, 0.1) is 19.2 Å². The molecule has 1 saturated heterocycles. The van der Waals surface area contributed by atoms with E-state index in [0.29, 0.717) is 30.4 Å². The molecule has 0 aromatic carbocycles. The first kappa shape index (κ1) is 15.2. The Morgan fingerprint density at radius 2 is 2.04 bits per heavy atom. The number of hydrogen-bond acceptors (Lipinski definition) is 6. The second-order valence-corrected chi connectivity index (χ2v) is 5.33. The Labute approximate surface area is 134 Å². The molecule has 3 rings (SSSR count). The first-order valence-corrected chi connectivity index (χ1v) is 7.42. The van der Waals surface area contributed by atoms with Crippen LogP contribution in [0.4, 0.5) is 0 Å². The predicted molar refractivity (Wildman–Crippen MR) is 82.5 cm³/mol. The van der Waals surface area contributed by atoms with Gasteiger partial charge in [0.1, 0.15) is 6.10 Å². The van der Waals surface area contributed by atoms with Crippen LogP contribution >= 0.6 is 0 Å². The molecule has 23 heavy (non-hydrogen) atoms. The summed E-state index contributed by atoms with van der Waals surface area (Å²) in [6.07, 6.45) is 2.36. The number of carbonyl (C=O) groups is 1. The number of amides is 1. The van der Waals surface area contributed by atoms with Crippen LogP contribution in [0.1, 0.15) is 22.5 Å². The van der Waals surface area contributed by atoms with Crippen molar-refractivity contribution in [2.24, 2.45) is 0 Å². The van der Waals surface area contributed by atoms with Gasteiger partial charge in [0.25, 0.3) is 5.91 Å². The van der Waals surface area contributed by atoms with Gasteiger partial charge in [0.15, 0.2) is 0 Å². The molecule has 0 N–H and O–H groups in total. The summed E-state index contributed by atoms with van der Waals surface area (Å²) in [6, 6.07) is 6.98. The molecule has 2 aromatic heterocycles. The van der Waals surface area contributed by atoms with Crippen LogP contribution in [0, 0.1) is 6.92 Å². The number of nitrogens with zero attached hydrogens (tertiary/aromatic N) is 4. The zero-order valence-corrected chi connectivity index (χ0v) is 13.1. The summed E-state index contributed by atoms with van der Waals surface area (Å²) in [5, 5.41) is 7.81. The maximum absolute atomic E-state index is 12.5. The van der Waals surface area contributed by atoms with Crippen LogP contribution in [-0.2, 0) is 0 Å². The van der Waals surface area contributed by atoms with E-state index in [1.165, 1.54) is 7.11 Å². The third kappa shape index (κ3) is 3.39. The van der Waals surface area contributed by atoms with Gasteiger partial charge in [0, 0.05) is 37.0 Å². The van der Waals surface area contributed by atoms with Gasteiger partial charge in [-0.15, -0.1) is 10.2 Å². The van der Waals surface area contributed by atoms with Crippen LogP contribution in [-0.4, -0.2) is 52.3 Å². The van der Waals surface area contributed by atoms with E-state index in [2.05, 4.69) is 15.2 Å². The van der Waals surface area contributed by atoms with Crippen LogP contribution in [0.3, 0.4) is 0 Å². The summed E-state index contributed by atoms with van der Waals surface area (Å²) in [5.74, 6) is 0.859. The lowest BCUT2D eigenvalue weighted by Gasteiger charge is -2.17. The van der Waals surface area contributed by atoms with Crippen molar-refractivity contribution in [1.29, 1.82) is 0 Å². The summed E-state index contributed by atoms with van der Waals surface area (Å²) in [4.78, 5) is 18.5. The minimum absolute atomic E-state index is 0.0116. The van der Waals surface area contributed by atoms with Crippen molar-refractivity contribution in [3.63, 3.8) is 0 Å². The highest BCUT2D eigenvalue weighted by Gasteiger charge is 2.29. The van der Waals surface area contributed by atoms with Gasteiger partial charge < -0.3 is 14.4 Å². The number of pyridine rings is 1. The number of methoxy groups -OCH3 is 1. The third-order valence-electron chi connectivity index (χ3n) is 3.78. The number of likely N-dealkylation sites (tertiary alicyclic amines) is 1. The van der Waals surface area contributed by atoms with Gasteiger partial charge in [-0.3, -0.25) is 9.78 Å².